The average molecular weight is 397 g/mol. The van der Waals surface area contributed by atoms with Crippen LogP contribution in [0.2, 0.25) is 0 Å². The normalized spacial score (nSPS) is 11.4. The van der Waals surface area contributed by atoms with Crippen LogP contribution in [0, 0.1) is 13.5 Å². The van der Waals surface area contributed by atoms with Crippen molar-refractivity contribution >= 4 is 45.0 Å². The predicted octanol–water partition coefficient (Wildman–Crippen LogP) is 6.26. The average Bonchev–Trinajstić information content (AvgIpc) is 3.02. The molecule has 0 aliphatic rings. The lowest BCUT2D eigenvalue weighted by Crippen LogP contribution is -2.30. The van der Waals surface area contributed by atoms with Gasteiger partial charge in [0.05, 0.1) is 28.4 Å². The van der Waals surface area contributed by atoms with Gasteiger partial charge in [-0.2, -0.15) is 0 Å². The van der Waals surface area contributed by atoms with Crippen molar-refractivity contribution in [3.63, 3.8) is 0 Å². The Morgan fingerprint density at radius 2 is 1.96 bits per heavy atom. The molecule has 0 spiro atoms. The lowest BCUT2D eigenvalue weighted by molar-refractivity contribution is -0.145. The minimum absolute atomic E-state index is 0.232. The van der Waals surface area contributed by atoms with Crippen LogP contribution in [0.25, 0.3) is 26.2 Å². The number of aryl methyl sites for hydroxylation is 1. The van der Waals surface area contributed by atoms with Gasteiger partial charge in [-0.3, -0.25) is 4.79 Å². The second-order valence-corrected chi connectivity index (χ2v) is 9.38. The summed E-state index contributed by atoms with van der Waals surface area (Å²) in [7, 11) is 0. The second kappa shape index (κ2) is 7.71. The summed E-state index contributed by atoms with van der Waals surface area (Å²) in [4.78, 5) is 21.5. The molecule has 0 saturated carbocycles. The van der Waals surface area contributed by atoms with E-state index < -0.39 is 4.75 Å². The summed E-state index contributed by atoms with van der Waals surface area (Å²) >= 11 is 3.13. The van der Waals surface area contributed by atoms with Crippen molar-refractivity contribution in [3.8, 4) is 11.1 Å². The number of thiazole rings is 1. The number of hydrogen-bond acceptors (Lipinski definition) is 5. The predicted molar refractivity (Wildman–Crippen MR) is 113 cm³/mol. The van der Waals surface area contributed by atoms with Crippen molar-refractivity contribution in [1.82, 2.24) is 4.98 Å². The van der Waals surface area contributed by atoms with Crippen LogP contribution in [0.4, 0.5) is 5.69 Å². The summed E-state index contributed by atoms with van der Waals surface area (Å²) in [6.45, 7) is 15.1. The summed E-state index contributed by atoms with van der Waals surface area (Å²) in [5.41, 5.74) is 3.61. The fourth-order valence-corrected chi connectivity index (χ4v) is 4.97. The van der Waals surface area contributed by atoms with Crippen LogP contribution < -0.4 is 0 Å². The van der Waals surface area contributed by atoms with Crippen LogP contribution >= 0.6 is 23.1 Å². The molecule has 0 N–H and O–H groups in total. The topological polar surface area (TPSA) is 43.5 Å². The van der Waals surface area contributed by atoms with Crippen molar-refractivity contribution in [3.05, 3.63) is 52.8 Å². The molecule has 2 aromatic carbocycles. The highest BCUT2D eigenvalue weighted by Gasteiger charge is 2.32. The maximum absolute atomic E-state index is 12.4. The van der Waals surface area contributed by atoms with E-state index in [1.807, 2.05) is 64.1 Å². The number of fused-ring (bicyclic) bond motifs is 1. The Bertz CT molecular complexity index is 1030. The Hall–Kier alpha value is -2.36. The number of benzene rings is 2. The molecular formula is C21H20N2O2S2. The minimum atomic E-state index is -0.714. The molecule has 0 saturated heterocycles. The van der Waals surface area contributed by atoms with E-state index in [1.165, 1.54) is 11.8 Å². The minimum Gasteiger partial charge on any atom is -0.465 e. The van der Waals surface area contributed by atoms with Gasteiger partial charge in [0, 0.05) is 10.5 Å². The first kappa shape index (κ1) is 19.4. The number of carbonyl (C=O) groups excluding carboxylic acids is 1. The van der Waals surface area contributed by atoms with Crippen molar-refractivity contribution < 1.29 is 9.53 Å². The van der Waals surface area contributed by atoms with Crippen molar-refractivity contribution in [2.45, 2.75) is 37.3 Å². The maximum Gasteiger partial charge on any atom is 0.321 e. The van der Waals surface area contributed by atoms with Crippen LogP contribution in [-0.2, 0) is 9.53 Å². The standard InChI is InChI=1S/C21H20N2O2S2/c1-6-25-20(24)21(3,4)27-17-12-11-16-19(26-13(2)23-16)18(17)14-7-9-15(22-5)10-8-14/h7-12H,6H2,1-4H3. The van der Waals surface area contributed by atoms with E-state index >= 15 is 0 Å². The number of carbonyl (C=O) groups is 1. The Kier molecular flexibility index (Phi) is 5.54. The van der Waals surface area contributed by atoms with Gasteiger partial charge in [0.2, 0.25) is 0 Å². The summed E-state index contributed by atoms with van der Waals surface area (Å²) in [6, 6.07) is 11.6. The van der Waals surface area contributed by atoms with Gasteiger partial charge in [-0.1, -0.05) is 24.3 Å². The van der Waals surface area contributed by atoms with E-state index in [0.29, 0.717) is 12.3 Å². The van der Waals surface area contributed by atoms with E-state index in [0.717, 1.165) is 31.2 Å². The zero-order valence-electron chi connectivity index (χ0n) is 15.7. The highest BCUT2D eigenvalue weighted by molar-refractivity contribution is 8.01. The van der Waals surface area contributed by atoms with Crippen LogP contribution in [0.1, 0.15) is 25.8 Å². The van der Waals surface area contributed by atoms with Gasteiger partial charge in [0.1, 0.15) is 4.75 Å². The Labute approximate surface area is 167 Å². The zero-order valence-corrected chi connectivity index (χ0v) is 17.3. The molecule has 0 fully saturated rings. The molecule has 1 aromatic heterocycles. The first-order chi connectivity index (χ1) is 12.9. The summed E-state index contributed by atoms with van der Waals surface area (Å²) in [6.07, 6.45) is 0. The van der Waals surface area contributed by atoms with Gasteiger partial charge in [-0.05, 0) is 45.4 Å². The lowest BCUT2D eigenvalue weighted by Gasteiger charge is -2.23. The molecule has 0 aliphatic carbocycles. The molecule has 6 heteroatoms. The quantitative estimate of drug-likeness (QED) is 0.290. The van der Waals surface area contributed by atoms with Gasteiger partial charge < -0.3 is 4.74 Å². The molecule has 0 bridgehead atoms. The molecule has 0 amide bonds. The third kappa shape index (κ3) is 4.00. The largest absolute Gasteiger partial charge is 0.465 e. The maximum atomic E-state index is 12.4. The number of hydrogen-bond donors (Lipinski definition) is 0. The van der Waals surface area contributed by atoms with Gasteiger partial charge >= 0.3 is 5.97 Å². The summed E-state index contributed by atoms with van der Waals surface area (Å²) in [5.74, 6) is -0.232. The highest BCUT2D eigenvalue weighted by atomic mass is 32.2. The van der Waals surface area contributed by atoms with Gasteiger partial charge in [-0.15, -0.1) is 23.1 Å². The van der Waals surface area contributed by atoms with Crippen LogP contribution in [0.5, 0.6) is 0 Å². The number of ether oxygens (including phenoxy) is 1. The van der Waals surface area contributed by atoms with Crippen molar-refractivity contribution in [1.29, 1.82) is 0 Å². The molecule has 3 rings (SSSR count). The summed E-state index contributed by atoms with van der Waals surface area (Å²) < 4.78 is 5.62. The molecule has 1 heterocycles. The second-order valence-electron chi connectivity index (χ2n) is 6.51. The van der Waals surface area contributed by atoms with E-state index in [4.69, 9.17) is 11.3 Å². The van der Waals surface area contributed by atoms with Crippen LogP contribution in [0.3, 0.4) is 0 Å². The van der Waals surface area contributed by atoms with E-state index in [2.05, 4.69) is 9.83 Å². The third-order valence-electron chi connectivity index (χ3n) is 4.04. The number of esters is 1. The molecule has 0 atom stereocenters. The molecule has 0 unspecified atom stereocenters. The fraction of sp³-hybridized carbons (Fsp3) is 0.286. The number of nitrogens with zero attached hydrogens (tertiary/aromatic N) is 2. The molecule has 0 radical (unpaired) electrons. The fourth-order valence-electron chi connectivity index (χ4n) is 2.77. The SMILES string of the molecule is [C-]#[N+]c1ccc(-c2c(SC(C)(C)C(=O)OCC)ccc3nc(C)sc23)cc1. The molecular weight excluding hydrogens is 376 g/mol. The van der Waals surface area contributed by atoms with Gasteiger partial charge in [0.25, 0.3) is 0 Å². The van der Waals surface area contributed by atoms with Crippen LogP contribution in [0.15, 0.2) is 41.3 Å². The highest BCUT2D eigenvalue weighted by Crippen LogP contribution is 2.44. The van der Waals surface area contributed by atoms with Crippen LogP contribution in [-0.4, -0.2) is 22.3 Å². The molecule has 27 heavy (non-hydrogen) atoms. The monoisotopic (exact) mass is 396 g/mol. The smallest absolute Gasteiger partial charge is 0.321 e. The first-order valence-corrected chi connectivity index (χ1v) is 10.2. The Balaban J connectivity index is 2.15. The van der Waals surface area contributed by atoms with E-state index in [1.54, 1.807) is 11.3 Å². The van der Waals surface area contributed by atoms with Gasteiger partial charge in [-0.25, -0.2) is 9.83 Å². The first-order valence-electron chi connectivity index (χ1n) is 8.60. The van der Waals surface area contributed by atoms with E-state index in [-0.39, 0.29) is 5.97 Å². The van der Waals surface area contributed by atoms with Gasteiger partial charge in [0.15, 0.2) is 5.69 Å². The number of thioether (sulfide) groups is 1. The number of rotatable bonds is 5. The Morgan fingerprint density at radius 3 is 2.59 bits per heavy atom. The van der Waals surface area contributed by atoms with Crippen molar-refractivity contribution in [2.24, 2.45) is 0 Å². The third-order valence-corrected chi connectivity index (χ3v) is 6.28. The van der Waals surface area contributed by atoms with E-state index in [9.17, 15) is 4.79 Å². The summed E-state index contributed by atoms with van der Waals surface area (Å²) in [5, 5.41) is 0.996. The molecule has 3 aromatic rings. The molecule has 0 aliphatic heterocycles. The zero-order chi connectivity index (χ0) is 19.6. The lowest BCUT2D eigenvalue weighted by atomic mass is 10.0. The molecule has 4 nitrogen and oxygen atoms in total. The molecule has 138 valence electrons. The number of aromatic nitrogens is 1. The Morgan fingerprint density at radius 1 is 1.26 bits per heavy atom. The van der Waals surface area contributed by atoms with Crippen molar-refractivity contribution in [2.75, 3.05) is 6.61 Å².